The van der Waals surface area contributed by atoms with E-state index in [0.29, 0.717) is 5.95 Å². The van der Waals surface area contributed by atoms with Crippen molar-refractivity contribution in [3.63, 3.8) is 0 Å². The quantitative estimate of drug-likeness (QED) is 0.932. The molecule has 0 spiro atoms. The summed E-state index contributed by atoms with van der Waals surface area (Å²) in [6, 6.07) is 10.3. The predicted molar refractivity (Wildman–Crippen MR) is 82.7 cm³/mol. The fourth-order valence-electron chi connectivity index (χ4n) is 2.64. The van der Waals surface area contributed by atoms with Gasteiger partial charge in [-0.15, -0.1) is 0 Å². The molecule has 1 aromatic heterocycles. The Morgan fingerprint density at radius 3 is 2.71 bits per heavy atom. The van der Waals surface area contributed by atoms with E-state index in [1.165, 1.54) is 5.56 Å². The van der Waals surface area contributed by atoms with Crippen LogP contribution in [0.15, 0.2) is 30.3 Å². The van der Waals surface area contributed by atoms with E-state index in [1.54, 1.807) is 0 Å². The fraction of sp³-hybridized carbons (Fsp3) is 0.375. The number of aryl methyl sites for hydroxylation is 1. The summed E-state index contributed by atoms with van der Waals surface area (Å²) in [6.45, 7) is 6.40. The molecule has 5 heteroatoms. The standard InChI is InChI=1S/C16H20N4O/c1-12-10-15(19-16(17)18-12)14-5-3-2-4-13(14)11-20-6-8-21-9-7-20/h2-5,10H,6-9,11H2,1H3,(H2,17,18,19). The summed E-state index contributed by atoms with van der Waals surface area (Å²) in [5.74, 6) is 0.325. The number of hydrogen-bond donors (Lipinski definition) is 1. The normalized spacial score (nSPS) is 16.0. The van der Waals surface area contributed by atoms with E-state index in [4.69, 9.17) is 10.5 Å². The van der Waals surface area contributed by atoms with Crippen molar-refractivity contribution in [1.82, 2.24) is 14.9 Å². The van der Waals surface area contributed by atoms with Gasteiger partial charge in [-0.25, -0.2) is 9.97 Å². The van der Waals surface area contributed by atoms with Gasteiger partial charge in [0.25, 0.3) is 0 Å². The van der Waals surface area contributed by atoms with Crippen molar-refractivity contribution >= 4 is 5.95 Å². The van der Waals surface area contributed by atoms with Gasteiger partial charge in [-0.3, -0.25) is 4.90 Å². The molecule has 1 aromatic carbocycles. The van der Waals surface area contributed by atoms with E-state index in [9.17, 15) is 0 Å². The Morgan fingerprint density at radius 1 is 1.19 bits per heavy atom. The zero-order valence-corrected chi connectivity index (χ0v) is 12.2. The van der Waals surface area contributed by atoms with Crippen LogP contribution in [0.3, 0.4) is 0 Å². The smallest absolute Gasteiger partial charge is 0.220 e. The number of ether oxygens (including phenoxy) is 1. The number of nitrogen functional groups attached to an aromatic ring is 1. The first-order valence-corrected chi connectivity index (χ1v) is 7.22. The van der Waals surface area contributed by atoms with E-state index in [-0.39, 0.29) is 0 Å². The molecule has 5 nitrogen and oxygen atoms in total. The molecule has 2 N–H and O–H groups in total. The van der Waals surface area contributed by atoms with Crippen molar-refractivity contribution in [2.45, 2.75) is 13.5 Å². The Bertz CT molecular complexity index is 603. The van der Waals surface area contributed by atoms with Crippen LogP contribution in [0.2, 0.25) is 0 Å². The number of anilines is 1. The second-order valence-electron chi connectivity index (χ2n) is 5.30. The molecule has 110 valence electrons. The van der Waals surface area contributed by atoms with E-state index in [2.05, 4.69) is 33.1 Å². The monoisotopic (exact) mass is 284 g/mol. The van der Waals surface area contributed by atoms with Crippen LogP contribution in [-0.4, -0.2) is 41.2 Å². The molecule has 0 bridgehead atoms. The highest BCUT2D eigenvalue weighted by atomic mass is 16.5. The Hall–Kier alpha value is -1.98. The first kappa shape index (κ1) is 14.0. The third-order valence-corrected chi connectivity index (χ3v) is 3.66. The molecule has 2 aromatic rings. The molecule has 2 heterocycles. The summed E-state index contributed by atoms with van der Waals surface area (Å²) in [5.41, 5.74) is 9.95. The van der Waals surface area contributed by atoms with E-state index in [1.807, 2.05) is 19.1 Å². The maximum absolute atomic E-state index is 5.78. The minimum absolute atomic E-state index is 0.325. The Kier molecular flexibility index (Phi) is 4.13. The minimum Gasteiger partial charge on any atom is -0.379 e. The molecular weight excluding hydrogens is 264 g/mol. The molecule has 3 rings (SSSR count). The van der Waals surface area contributed by atoms with Crippen LogP contribution in [-0.2, 0) is 11.3 Å². The first-order valence-electron chi connectivity index (χ1n) is 7.22. The Labute approximate surface area is 124 Å². The van der Waals surface area contributed by atoms with Gasteiger partial charge in [0, 0.05) is 30.9 Å². The average molecular weight is 284 g/mol. The second-order valence-corrected chi connectivity index (χ2v) is 5.30. The molecule has 1 aliphatic heterocycles. The molecule has 1 saturated heterocycles. The number of morpholine rings is 1. The summed E-state index contributed by atoms with van der Waals surface area (Å²) in [6.07, 6.45) is 0. The van der Waals surface area contributed by atoms with Crippen LogP contribution in [0.1, 0.15) is 11.3 Å². The lowest BCUT2D eigenvalue weighted by Gasteiger charge is -2.27. The average Bonchev–Trinajstić information content (AvgIpc) is 2.48. The van der Waals surface area contributed by atoms with Gasteiger partial charge in [0.05, 0.1) is 18.9 Å². The summed E-state index contributed by atoms with van der Waals surface area (Å²) in [5, 5.41) is 0. The van der Waals surface area contributed by atoms with E-state index in [0.717, 1.165) is 49.8 Å². The van der Waals surface area contributed by atoms with Crippen molar-refractivity contribution in [2.24, 2.45) is 0 Å². The number of benzene rings is 1. The van der Waals surface area contributed by atoms with Crippen molar-refractivity contribution in [1.29, 1.82) is 0 Å². The number of rotatable bonds is 3. The van der Waals surface area contributed by atoms with Gasteiger partial charge in [0.2, 0.25) is 5.95 Å². The van der Waals surface area contributed by atoms with Crippen LogP contribution < -0.4 is 5.73 Å². The largest absolute Gasteiger partial charge is 0.379 e. The topological polar surface area (TPSA) is 64.3 Å². The Balaban J connectivity index is 1.91. The summed E-state index contributed by atoms with van der Waals surface area (Å²) in [4.78, 5) is 10.9. The summed E-state index contributed by atoms with van der Waals surface area (Å²) >= 11 is 0. The van der Waals surface area contributed by atoms with E-state index >= 15 is 0 Å². The molecule has 0 aliphatic carbocycles. The van der Waals surface area contributed by atoms with Gasteiger partial charge < -0.3 is 10.5 Å². The molecule has 0 atom stereocenters. The molecule has 1 aliphatic rings. The van der Waals surface area contributed by atoms with Crippen molar-refractivity contribution in [3.05, 3.63) is 41.6 Å². The lowest BCUT2D eigenvalue weighted by molar-refractivity contribution is 0.0342. The predicted octanol–water partition coefficient (Wildman–Crippen LogP) is 1.87. The van der Waals surface area contributed by atoms with Gasteiger partial charge >= 0.3 is 0 Å². The first-order chi connectivity index (χ1) is 10.2. The zero-order chi connectivity index (χ0) is 14.7. The molecule has 0 radical (unpaired) electrons. The molecule has 1 fully saturated rings. The zero-order valence-electron chi connectivity index (χ0n) is 12.2. The lowest BCUT2D eigenvalue weighted by atomic mass is 10.0. The number of aromatic nitrogens is 2. The Morgan fingerprint density at radius 2 is 1.95 bits per heavy atom. The maximum Gasteiger partial charge on any atom is 0.220 e. The molecule has 0 unspecified atom stereocenters. The maximum atomic E-state index is 5.78. The van der Waals surface area contributed by atoms with Gasteiger partial charge in [-0.1, -0.05) is 24.3 Å². The van der Waals surface area contributed by atoms with Crippen LogP contribution in [0.5, 0.6) is 0 Å². The SMILES string of the molecule is Cc1cc(-c2ccccc2CN2CCOCC2)nc(N)n1. The molecular formula is C16H20N4O. The fourth-order valence-corrected chi connectivity index (χ4v) is 2.64. The van der Waals surface area contributed by atoms with Crippen molar-refractivity contribution in [3.8, 4) is 11.3 Å². The second kappa shape index (κ2) is 6.20. The third kappa shape index (κ3) is 3.37. The molecule has 0 amide bonds. The number of nitrogens with zero attached hydrogens (tertiary/aromatic N) is 3. The highest BCUT2D eigenvalue weighted by molar-refractivity contribution is 5.64. The summed E-state index contributed by atoms with van der Waals surface area (Å²) < 4.78 is 5.40. The van der Waals surface area contributed by atoms with Crippen LogP contribution in [0.4, 0.5) is 5.95 Å². The highest BCUT2D eigenvalue weighted by Gasteiger charge is 2.14. The molecule has 21 heavy (non-hydrogen) atoms. The lowest BCUT2D eigenvalue weighted by Crippen LogP contribution is -2.35. The van der Waals surface area contributed by atoms with Crippen molar-refractivity contribution < 1.29 is 4.74 Å². The van der Waals surface area contributed by atoms with Gasteiger partial charge in [0.15, 0.2) is 0 Å². The van der Waals surface area contributed by atoms with Crippen LogP contribution in [0.25, 0.3) is 11.3 Å². The number of nitrogens with two attached hydrogens (primary N) is 1. The molecule has 0 saturated carbocycles. The third-order valence-electron chi connectivity index (χ3n) is 3.66. The van der Waals surface area contributed by atoms with Crippen LogP contribution in [0, 0.1) is 6.92 Å². The van der Waals surface area contributed by atoms with Crippen molar-refractivity contribution in [2.75, 3.05) is 32.0 Å². The van der Waals surface area contributed by atoms with Gasteiger partial charge in [0.1, 0.15) is 0 Å². The minimum atomic E-state index is 0.325. The van der Waals surface area contributed by atoms with E-state index < -0.39 is 0 Å². The highest BCUT2D eigenvalue weighted by Crippen LogP contribution is 2.24. The number of hydrogen-bond acceptors (Lipinski definition) is 5. The van der Waals surface area contributed by atoms with Crippen LogP contribution >= 0.6 is 0 Å². The summed E-state index contributed by atoms with van der Waals surface area (Å²) in [7, 11) is 0. The van der Waals surface area contributed by atoms with Gasteiger partial charge in [-0.2, -0.15) is 0 Å². The van der Waals surface area contributed by atoms with Gasteiger partial charge in [-0.05, 0) is 18.6 Å².